The van der Waals surface area contributed by atoms with E-state index in [1.54, 1.807) is 6.08 Å². The number of ether oxygens (including phenoxy) is 1. The van der Waals surface area contributed by atoms with Crippen LogP contribution in [-0.4, -0.2) is 16.3 Å². The van der Waals surface area contributed by atoms with Crippen molar-refractivity contribution in [1.82, 2.24) is 0 Å². The molecule has 2 rings (SSSR count). The number of aliphatic hydroxyl groups excluding tert-OH is 1. The Labute approximate surface area is 85.3 Å². The number of rotatable bonds is 4. The maximum atomic E-state index is 9.69. The number of aliphatic hydroxyl groups is 1. The molecule has 0 amide bonds. The van der Waals surface area contributed by atoms with Gasteiger partial charge in [-0.25, -0.2) is 0 Å². The fraction of sp³-hybridized carbons (Fsp3) is 0.667. The molecule has 2 aliphatic rings. The molecule has 0 aromatic heterocycles. The van der Waals surface area contributed by atoms with Crippen LogP contribution < -0.4 is 0 Å². The van der Waals surface area contributed by atoms with Crippen molar-refractivity contribution in [2.75, 3.05) is 0 Å². The van der Waals surface area contributed by atoms with Gasteiger partial charge >= 0.3 is 0 Å². The first-order chi connectivity index (χ1) is 6.65. The van der Waals surface area contributed by atoms with E-state index in [-0.39, 0.29) is 5.60 Å². The van der Waals surface area contributed by atoms with Gasteiger partial charge in [-0.1, -0.05) is 32.3 Å². The molecular weight excluding hydrogens is 176 g/mol. The molecule has 2 atom stereocenters. The summed E-state index contributed by atoms with van der Waals surface area (Å²) in [6.45, 7) is 4.16. The quantitative estimate of drug-likeness (QED) is 0.551. The van der Waals surface area contributed by atoms with Gasteiger partial charge in [0.2, 0.25) is 0 Å². The lowest BCUT2D eigenvalue weighted by molar-refractivity contribution is 0.251. The zero-order chi connectivity index (χ0) is 10.2. The fourth-order valence-electron chi connectivity index (χ4n) is 2.27. The van der Waals surface area contributed by atoms with E-state index >= 15 is 0 Å². The van der Waals surface area contributed by atoms with Crippen LogP contribution in [0.25, 0.3) is 0 Å². The third kappa shape index (κ3) is 1.21. The maximum Gasteiger partial charge on any atom is 0.155 e. The third-order valence-electron chi connectivity index (χ3n) is 3.41. The highest BCUT2D eigenvalue weighted by Gasteiger charge is 2.68. The molecule has 2 nitrogen and oxygen atoms in total. The van der Waals surface area contributed by atoms with Crippen molar-refractivity contribution in [1.29, 1.82) is 0 Å². The minimum absolute atomic E-state index is 0.193. The molecular formula is C12H18O2. The Kier molecular flexibility index (Phi) is 2.18. The normalized spacial score (nSPS) is 39.1. The van der Waals surface area contributed by atoms with Gasteiger partial charge < -0.3 is 9.84 Å². The van der Waals surface area contributed by atoms with Crippen molar-refractivity contribution in [3.8, 4) is 0 Å². The number of hydrogen-bond acceptors (Lipinski definition) is 2. The molecule has 0 spiro atoms. The topological polar surface area (TPSA) is 32.8 Å². The first-order valence-corrected chi connectivity index (χ1v) is 5.44. The Morgan fingerprint density at radius 1 is 1.43 bits per heavy atom. The molecule has 1 N–H and O–H groups in total. The van der Waals surface area contributed by atoms with Crippen LogP contribution in [0.15, 0.2) is 24.0 Å². The van der Waals surface area contributed by atoms with Gasteiger partial charge in [0.05, 0.1) is 0 Å². The van der Waals surface area contributed by atoms with Crippen LogP contribution in [0.2, 0.25) is 0 Å². The summed E-state index contributed by atoms with van der Waals surface area (Å²) >= 11 is 0. The van der Waals surface area contributed by atoms with Crippen molar-refractivity contribution < 1.29 is 9.84 Å². The second kappa shape index (κ2) is 3.13. The lowest BCUT2D eigenvalue weighted by Gasteiger charge is -2.15. The largest absolute Gasteiger partial charge is 0.509 e. The second-order valence-corrected chi connectivity index (χ2v) is 4.39. The standard InChI is InChI=1S/C12H18O2/c1-3-4-5-8-12-9-6-7-10(13)11(12,2)14-12/h6-7,9,13H,3-5,8H2,1-2H3. The SMILES string of the molecule is CCCCCC12C=CC=C(O)C1(C)O2. The number of fused-ring (bicyclic) bond motifs is 1. The zero-order valence-electron chi connectivity index (χ0n) is 8.92. The Morgan fingerprint density at radius 2 is 2.21 bits per heavy atom. The predicted octanol–water partition coefficient (Wildman–Crippen LogP) is 3.11. The minimum Gasteiger partial charge on any atom is -0.509 e. The molecule has 1 aliphatic heterocycles. The van der Waals surface area contributed by atoms with Gasteiger partial charge in [0.1, 0.15) is 11.4 Å². The molecule has 0 saturated carbocycles. The number of unbranched alkanes of at least 4 members (excludes halogenated alkanes) is 2. The molecule has 1 fully saturated rings. The third-order valence-corrected chi connectivity index (χ3v) is 3.41. The molecule has 0 radical (unpaired) electrons. The van der Waals surface area contributed by atoms with Crippen LogP contribution in [0.4, 0.5) is 0 Å². The van der Waals surface area contributed by atoms with Gasteiger partial charge in [-0.2, -0.15) is 0 Å². The summed E-state index contributed by atoms with van der Waals surface area (Å²) < 4.78 is 5.71. The fourth-order valence-corrected chi connectivity index (χ4v) is 2.27. The predicted molar refractivity (Wildman–Crippen MR) is 56.2 cm³/mol. The summed E-state index contributed by atoms with van der Waals surface area (Å²) in [5.41, 5.74) is -0.615. The van der Waals surface area contributed by atoms with Crippen LogP contribution in [0.1, 0.15) is 39.5 Å². The zero-order valence-corrected chi connectivity index (χ0v) is 8.92. The van der Waals surface area contributed by atoms with Crippen LogP contribution in [0, 0.1) is 0 Å². The summed E-state index contributed by atoms with van der Waals surface area (Å²) in [5, 5.41) is 9.69. The van der Waals surface area contributed by atoms with Crippen LogP contribution in [0.5, 0.6) is 0 Å². The molecule has 2 unspecified atom stereocenters. The van der Waals surface area contributed by atoms with E-state index in [1.807, 2.05) is 13.0 Å². The van der Waals surface area contributed by atoms with Crippen LogP contribution in [-0.2, 0) is 4.74 Å². The van der Waals surface area contributed by atoms with E-state index in [4.69, 9.17) is 4.74 Å². The molecule has 1 saturated heterocycles. The van der Waals surface area contributed by atoms with Crippen LogP contribution >= 0.6 is 0 Å². The molecule has 2 heteroatoms. The van der Waals surface area contributed by atoms with Gasteiger partial charge in [0, 0.05) is 0 Å². The highest BCUT2D eigenvalue weighted by molar-refractivity contribution is 5.40. The highest BCUT2D eigenvalue weighted by atomic mass is 16.6. The lowest BCUT2D eigenvalue weighted by Crippen LogP contribution is -2.25. The number of hydrogen-bond donors (Lipinski definition) is 1. The van der Waals surface area contributed by atoms with E-state index in [1.165, 1.54) is 19.3 Å². The van der Waals surface area contributed by atoms with Gasteiger partial charge in [-0.3, -0.25) is 0 Å². The molecule has 14 heavy (non-hydrogen) atoms. The first kappa shape index (κ1) is 9.78. The Hall–Kier alpha value is -0.760. The Morgan fingerprint density at radius 3 is 2.93 bits per heavy atom. The summed E-state index contributed by atoms with van der Waals surface area (Å²) in [7, 11) is 0. The number of allylic oxidation sites excluding steroid dienone is 2. The summed E-state index contributed by atoms with van der Waals surface area (Å²) in [4.78, 5) is 0. The molecule has 1 aliphatic carbocycles. The van der Waals surface area contributed by atoms with E-state index in [9.17, 15) is 5.11 Å². The maximum absolute atomic E-state index is 9.69. The average molecular weight is 194 g/mol. The Balaban J connectivity index is 2.01. The Bertz CT molecular complexity index is 293. The van der Waals surface area contributed by atoms with E-state index in [2.05, 4.69) is 13.0 Å². The first-order valence-electron chi connectivity index (χ1n) is 5.44. The monoisotopic (exact) mass is 194 g/mol. The number of epoxide rings is 1. The second-order valence-electron chi connectivity index (χ2n) is 4.39. The van der Waals surface area contributed by atoms with Crippen molar-refractivity contribution in [2.45, 2.75) is 50.7 Å². The lowest BCUT2D eigenvalue weighted by atomic mass is 9.84. The van der Waals surface area contributed by atoms with E-state index in [0.717, 1.165) is 6.42 Å². The van der Waals surface area contributed by atoms with Crippen molar-refractivity contribution in [3.05, 3.63) is 24.0 Å². The summed E-state index contributed by atoms with van der Waals surface area (Å²) in [5.74, 6) is 0.372. The van der Waals surface area contributed by atoms with Crippen molar-refractivity contribution >= 4 is 0 Å². The molecule has 0 aromatic rings. The average Bonchev–Trinajstić information content (AvgIpc) is 2.75. The highest BCUT2D eigenvalue weighted by Crippen LogP contribution is 2.57. The molecule has 0 aromatic carbocycles. The van der Waals surface area contributed by atoms with Gasteiger partial charge in [-0.05, 0) is 25.5 Å². The molecule has 0 bridgehead atoms. The van der Waals surface area contributed by atoms with E-state index < -0.39 is 5.60 Å². The van der Waals surface area contributed by atoms with E-state index in [0.29, 0.717) is 5.76 Å². The molecule has 78 valence electrons. The van der Waals surface area contributed by atoms with Gasteiger partial charge in [0.15, 0.2) is 5.60 Å². The molecule has 1 heterocycles. The van der Waals surface area contributed by atoms with Crippen molar-refractivity contribution in [3.63, 3.8) is 0 Å². The van der Waals surface area contributed by atoms with Crippen LogP contribution in [0.3, 0.4) is 0 Å². The minimum atomic E-state index is -0.421. The van der Waals surface area contributed by atoms with Gasteiger partial charge in [-0.15, -0.1) is 0 Å². The summed E-state index contributed by atoms with van der Waals surface area (Å²) in [6, 6.07) is 0. The summed E-state index contributed by atoms with van der Waals surface area (Å²) in [6.07, 6.45) is 10.4. The van der Waals surface area contributed by atoms with Crippen molar-refractivity contribution in [2.24, 2.45) is 0 Å². The van der Waals surface area contributed by atoms with Gasteiger partial charge in [0.25, 0.3) is 0 Å². The smallest absolute Gasteiger partial charge is 0.155 e.